The molecule has 4 saturated heterocycles. The van der Waals surface area contributed by atoms with Crippen molar-refractivity contribution in [2.45, 2.75) is 129 Å². The molecule has 1 atom stereocenters. The van der Waals surface area contributed by atoms with E-state index in [0.29, 0.717) is 25.1 Å². The molecule has 4 fully saturated rings. The van der Waals surface area contributed by atoms with Crippen LogP contribution in [0.1, 0.15) is 111 Å². The molecule has 3 N–H and O–H groups in total. The van der Waals surface area contributed by atoms with Crippen molar-refractivity contribution in [2.75, 3.05) is 76.9 Å². The quantitative estimate of drug-likeness (QED) is 0.0632. The molecule has 0 aliphatic carbocycles. The minimum Gasteiger partial charge on any atom is -0.444 e. The molecule has 0 radical (unpaired) electrons. The number of anilines is 1. The van der Waals surface area contributed by atoms with Crippen LogP contribution in [0.15, 0.2) is 91.1 Å². The number of benzene rings is 4. The van der Waals surface area contributed by atoms with Gasteiger partial charge in [0.15, 0.2) is 0 Å². The monoisotopic (exact) mass is 1200 g/mol. The van der Waals surface area contributed by atoms with E-state index in [1.54, 1.807) is 65.8 Å². The van der Waals surface area contributed by atoms with E-state index >= 15 is 0 Å². The van der Waals surface area contributed by atoms with Crippen LogP contribution in [0.4, 0.5) is 28.4 Å². The number of hydrogen-bond donors (Lipinski definition) is 3. The normalized spacial score (nSPS) is 19.0. The third-order valence-electron chi connectivity index (χ3n) is 16.5. The highest BCUT2D eigenvalue weighted by Crippen LogP contribution is 2.36. The highest BCUT2D eigenvalue weighted by atomic mass is 19.4. The summed E-state index contributed by atoms with van der Waals surface area (Å²) in [7, 11) is 0. The molecule has 6 heterocycles. The number of alkyl carbamates (subject to hydrolysis) is 1. The number of hydrogen-bond acceptors (Lipinski definition) is 14. The molecule has 4 aromatic carbocycles. The lowest BCUT2D eigenvalue weighted by Crippen LogP contribution is -2.64. The molecule has 0 saturated carbocycles. The van der Waals surface area contributed by atoms with E-state index in [-0.39, 0.29) is 68.1 Å². The number of amides is 7. The Balaban J connectivity index is 0.719. The van der Waals surface area contributed by atoms with E-state index in [0.717, 1.165) is 98.1 Å². The van der Waals surface area contributed by atoms with Gasteiger partial charge in [-0.1, -0.05) is 42.5 Å². The number of aryl methyl sites for hydroxylation is 1. The third kappa shape index (κ3) is 15.2. The Morgan fingerprint density at radius 1 is 0.655 bits per heavy atom. The van der Waals surface area contributed by atoms with Crippen LogP contribution in [-0.2, 0) is 50.0 Å². The fourth-order valence-corrected chi connectivity index (χ4v) is 12.1. The van der Waals surface area contributed by atoms with Crippen LogP contribution in [0.5, 0.6) is 5.75 Å². The van der Waals surface area contributed by atoms with Crippen LogP contribution in [0.25, 0.3) is 22.0 Å². The number of piperidine rings is 2. The summed E-state index contributed by atoms with van der Waals surface area (Å²) >= 11 is 0. The number of nitrogens with zero attached hydrogens (tertiary/aromatic N) is 7. The van der Waals surface area contributed by atoms with E-state index < -0.39 is 65.0 Å². The predicted molar refractivity (Wildman–Crippen MR) is 318 cm³/mol. The Morgan fingerprint density at radius 3 is 1.82 bits per heavy atom. The molecule has 1 aromatic heterocycles. The largest absolute Gasteiger partial charge is 0.573 e. The number of rotatable bonds is 16. The Morgan fingerprint density at radius 2 is 1.23 bits per heavy atom. The van der Waals surface area contributed by atoms with Crippen molar-refractivity contribution in [3.63, 3.8) is 0 Å². The molecule has 23 heteroatoms. The van der Waals surface area contributed by atoms with Gasteiger partial charge in [0.05, 0.1) is 11.1 Å². The van der Waals surface area contributed by atoms with Crippen LogP contribution in [0, 0.1) is 0 Å². The average molecular weight is 1200 g/mol. The number of carbonyl (C=O) groups excluding carboxylic acids is 7. The van der Waals surface area contributed by atoms with Crippen molar-refractivity contribution in [2.24, 2.45) is 0 Å². The van der Waals surface area contributed by atoms with Crippen molar-refractivity contribution >= 4 is 58.3 Å². The summed E-state index contributed by atoms with van der Waals surface area (Å²) in [6.07, 6.45) is -3.11. The highest BCUT2D eigenvalue weighted by molar-refractivity contribution is 6.23. The lowest BCUT2D eigenvalue weighted by atomic mass is 9.86. The molecule has 20 nitrogen and oxygen atoms in total. The van der Waals surface area contributed by atoms with E-state index in [1.165, 1.54) is 28.2 Å². The smallest absolute Gasteiger partial charge is 0.444 e. The van der Waals surface area contributed by atoms with E-state index in [4.69, 9.17) is 9.47 Å². The van der Waals surface area contributed by atoms with Gasteiger partial charge in [-0.2, -0.15) is 0 Å². The number of carbonyl (C=O) groups is 7. The number of ether oxygens (including phenoxy) is 3. The van der Waals surface area contributed by atoms with Gasteiger partial charge in [-0.05, 0) is 132 Å². The second-order valence-corrected chi connectivity index (χ2v) is 25.3. The topological polar surface area (TPSA) is 208 Å². The van der Waals surface area contributed by atoms with E-state index in [9.17, 15) is 46.7 Å². The fourth-order valence-electron chi connectivity index (χ4n) is 12.1. The van der Waals surface area contributed by atoms with Crippen LogP contribution in [-0.4, -0.2) is 172 Å². The highest BCUT2D eigenvalue weighted by Gasteiger charge is 2.47. The minimum atomic E-state index is -4.83. The summed E-state index contributed by atoms with van der Waals surface area (Å²) in [4.78, 5) is 103. The Kier molecular flexibility index (Phi) is 18.1. The summed E-state index contributed by atoms with van der Waals surface area (Å²) in [6.45, 7) is 20.6. The van der Waals surface area contributed by atoms with Crippen molar-refractivity contribution < 1.29 is 60.9 Å². The van der Waals surface area contributed by atoms with Gasteiger partial charge in [0.1, 0.15) is 28.5 Å². The summed E-state index contributed by atoms with van der Waals surface area (Å²) in [6, 6.07) is 25.2. The van der Waals surface area contributed by atoms with Crippen molar-refractivity contribution in [3.05, 3.63) is 119 Å². The van der Waals surface area contributed by atoms with Gasteiger partial charge in [0, 0.05) is 133 Å². The zero-order chi connectivity index (χ0) is 62.0. The van der Waals surface area contributed by atoms with Gasteiger partial charge in [-0.25, -0.2) is 9.59 Å². The number of halogens is 3. The first-order valence-corrected chi connectivity index (χ1v) is 29.9. The van der Waals surface area contributed by atoms with Gasteiger partial charge >= 0.3 is 18.5 Å². The maximum absolute atomic E-state index is 14.1. The van der Waals surface area contributed by atoms with Crippen molar-refractivity contribution in [1.82, 2.24) is 45.0 Å². The number of alkyl halides is 3. The molecule has 0 spiro atoms. The molecule has 87 heavy (non-hydrogen) atoms. The second kappa shape index (κ2) is 25.4. The SMILES string of the molecule is CC(C)(C)OC(=O)NC1(C(=O)NCCCn2cc(-c3ccc(OC(F)(F)F)cc3)c3cc(CN4CCN(Cc5ccc(CN6CCN(c7ccc8c(c7)C(=O)N(C7CCC(=O)NC7=O)C8=O)CC6)cc5)CC4)ccc32)CCN(C(=O)OC(C)(C)C)CC1. The first-order chi connectivity index (χ1) is 41.2. The fraction of sp³-hybridized carbons (Fsp3) is 0.484. The maximum Gasteiger partial charge on any atom is 0.573 e. The minimum absolute atomic E-state index is 0.0672. The van der Waals surface area contributed by atoms with Crippen LogP contribution in [0.3, 0.4) is 0 Å². The number of nitrogens with one attached hydrogen (secondary N) is 3. The number of likely N-dealkylation sites (tertiary alicyclic amines) is 1. The predicted octanol–water partition coefficient (Wildman–Crippen LogP) is 8.05. The molecule has 5 aliphatic rings. The van der Waals surface area contributed by atoms with Gasteiger partial charge in [0.25, 0.3) is 11.8 Å². The van der Waals surface area contributed by atoms with Crippen molar-refractivity contribution in [1.29, 1.82) is 0 Å². The molecular weight excluding hydrogens is 1130 g/mol. The summed E-state index contributed by atoms with van der Waals surface area (Å²) in [5.74, 6) is -2.78. The van der Waals surface area contributed by atoms with Gasteiger partial charge in [-0.3, -0.25) is 48.9 Å². The van der Waals surface area contributed by atoms with Crippen LogP contribution < -0.4 is 25.6 Å². The standard InChI is InChI=1S/C64H77F3N10O10/c1-61(2,3)86-59(83)70-63(22-26-75(27-23-63)60(84)87-62(4,5)6)58(82)68-24-7-25-76-41-51(45-13-16-47(17-14-45)85-64(65,66)67)49-36-44(12-19-52(49)76)40-72-30-28-71(29-31-72)38-42-8-10-43(11-9-42)39-73-32-34-74(35-33-73)46-15-18-48-50(37-46)57(81)77(56(48)80)53-20-21-54(78)69-55(53)79/h8-19,36-37,41,53H,7,20-35,38-40H2,1-6H3,(H,68,82)(H,70,83)(H,69,78,79). The number of aromatic nitrogens is 1. The number of imide groups is 2. The van der Waals surface area contributed by atoms with E-state index in [2.05, 4.69) is 87.3 Å². The Labute approximate surface area is 504 Å². The molecule has 5 aromatic rings. The lowest BCUT2D eigenvalue weighted by Gasteiger charge is -2.41. The van der Waals surface area contributed by atoms with E-state index in [1.807, 2.05) is 12.3 Å². The van der Waals surface area contributed by atoms with Gasteiger partial charge < -0.3 is 39.2 Å². The van der Waals surface area contributed by atoms with Gasteiger partial charge in [-0.15, -0.1) is 13.2 Å². The Hall–Kier alpha value is -8.02. The molecule has 464 valence electrons. The zero-order valence-electron chi connectivity index (χ0n) is 50.2. The number of fused-ring (bicyclic) bond motifs is 2. The number of piperazine rings is 2. The molecule has 1 unspecified atom stereocenters. The summed E-state index contributed by atoms with van der Waals surface area (Å²) in [5.41, 5.74) is 4.54. The maximum atomic E-state index is 14.1. The van der Waals surface area contributed by atoms with Crippen LogP contribution >= 0.6 is 0 Å². The van der Waals surface area contributed by atoms with Crippen molar-refractivity contribution in [3.8, 4) is 16.9 Å². The third-order valence-corrected chi connectivity index (χ3v) is 16.5. The first-order valence-electron chi connectivity index (χ1n) is 29.9. The summed E-state index contributed by atoms with van der Waals surface area (Å²) in [5, 5.41) is 9.04. The average Bonchev–Trinajstić information content (AvgIpc) is 1.75. The zero-order valence-corrected chi connectivity index (χ0v) is 50.2. The molecule has 0 bridgehead atoms. The molecule has 10 rings (SSSR count). The molecular formula is C64H77F3N10O10. The molecule has 5 aliphatic heterocycles. The lowest BCUT2D eigenvalue weighted by molar-refractivity contribution is -0.274. The van der Waals surface area contributed by atoms with Crippen LogP contribution in [0.2, 0.25) is 0 Å². The molecule has 7 amide bonds. The van der Waals surface area contributed by atoms with Gasteiger partial charge in [0.2, 0.25) is 17.7 Å². The second-order valence-electron chi connectivity index (χ2n) is 25.3. The summed E-state index contributed by atoms with van der Waals surface area (Å²) < 4.78 is 56.8. The first kappa shape index (κ1) is 62.0. The Bertz CT molecular complexity index is 3390.